The fraction of sp³-hybridized carbons (Fsp3) is 0.714. The third kappa shape index (κ3) is 3.72. The van der Waals surface area contributed by atoms with Crippen LogP contribution in [0.3, 0.4) is 0 Å². The summed E-state index contributed by atoms with van der Waals surface area (Å²) in [6, 6.07) is 0.131. The van der Waals surface area contributed by atoms with Crippen LogP contribution >= 0.6 is 0 Å². The Hall–Kier alpha value is -1.52. The lowest BCUT2D eigenvalue weighted by atomic mass is 10.1. The predicted octanol–water partition coefficient (Wildman–Crippen LogP) is 2.19. The second kappa shape index (κ2) is 5.23. The molecule has 1 aliphatic carbocycles. The van der Waals surface area contributed by atoms with Gasteiger partial charge in [0.05, 0.1) is 6.20 Å². The monoisotopic (exact) mass is 265 g/mol. The molecule has 1 aromatic heterocycles. The van der Waals surface area contributed by atoms with E-state index in [0.29, 0.717) is 0 Å². The first-order valence-corrected chi connectivity index (χ1v) is 6.84. The number of alkyl carbamates (subject to hydrolysis) is 1. The van der Waals surface area contributed by atoms with Crippen molar-refractivity contribution in [3.63, 3.8) is 0 Å². The molecular formula is C14H23N3O2. The van der Waals surface area contributed by atoms with Gasteiger partial charge in [-0.25, -0.2) is 4.79 Å². The number of ether oxygens (including phenoxy) is 1. The van der Waals surface area contributed by atoms with E-state index in [1.165, 1.54) is 11.3 Å². The van der Waals surface area contributed by atoms with Crippen LogP contribution in [0.15, 0.2) is 6.20 Å². The van der Waals surface area contributed by atoms with E-state index in [9.17, 15) is 4.79 Å². The molecule has 0 saturated heterocycles. The molecule has 0 saturated carbocycles. The van der Waals surface area contributed by atoms with Gasteiger partial charge in [-0.2, -0.15) is 5.10 Å². The molecule has 0 unspecified atom stereocenters. The van der Waals surface area contributed by atoms with Crippen LogP contribution in [0.4, 0.5) is 4.79 Å². The number of amides is 1. The van der Waals surface area contributed by atoms with E-state index in [1.807, 2.05) is 38.7 Å². The Balaban J connectivity index is 1.99. The summed E-state index contributed by atoms with van der Waals surface area (Å²) in [5, 5.41) is 7.26. The molecule has 0 aromatic carbocycles. The van der Waals surface area contributed by atoms with Crippen molar-refractivity contribution in [3.8, 4) is 0 Å². The summed E-state index contributed by atoms with van der Waals surface area (Å²) >= 11 is 0. The fourth-order valence-electron chi connectivity index (χ4n) is 2.45. The molecule has 0 bridgehead atoms. The van der Waals surface area contributed by atoms with Crippen LogP contribution in [0.1, 0.15) is 44.9 Å². The van der Waals surface area contributed by atoms with Gasteiger partial charge in [0, 0.05) is 25.2 Å². The summed E-state index contributed by atoms with van der Waals surface area (Å²) in [5.74, 6) is 0. The van der Waals surface area contributed by atoms with Gasteiger partial charge in [0.1, 0.15) is 5.60 Å². The van der Waals surface area contributed by atoms with Crippen LogP contribution in [0, 0.1) is 0 Å². The minimum Gasteiger partial charge on any atom is -0.444 e. The average Bonchev–Trinajstić information content (AvgIpc) is 2.49. The lowest BCUT2D eigenvalue weighted by molar-refractivity contribution is 0.0501. The van der Waals surface area contributed by atoms with E-state index in [4.69, 9.17) is 4.74 Å². The Bertz CT molecular complexity index is 460. The molecule has 1 atom stereocenters. The third-order valence-electron chi connectivity index (χ3n) is 3.31. The second-order valence-electron chi connectivity index (χ2n) is 6.18. The Morgan fingerprint density at radius 1 is 1.53 bits per heavy atom. The summed E-state index contributed by atoms with van der Waals surface area (Å²) in [6.45, 7) is 5.62. The van der Waals surface area contributed by atoms with Gasteiger partial charge < -0.3 is 10.1 Å². The number of carbonyl (C=O) groups is 1. The number of hydrogen-bond donors (Lipinski definition) is 1. The SMILES string of the molecule is Cn1ncc2c1C[C@@H](NC(=O)OC(C)(C)C)CCC2. The molecule has 5 heteroatoms. The van der Waals surface area contributed by atoms with E-state index in [0.717, 1.165) is 25.7 Å². The van der Waals surface area contributed by atoms with Crippen LogP contribution < -0.4 is 5.32 Å². The van der Waals surface area contributed by atoms with Gasteiger partial charge in [-0.05, 0) is 45.6 Å². The topological polar surface area (TPSA) is 56.2 Å². The van der Waals surface area contributed by atoms with E-state index < -0.39 is 5.60 Å². The summed E-state index contributed by atoms with van der Waals surface area (Å²) in [6.07, 6.45) is 5.52. The molecule has 0 spiro atoms. The van der Waals surface area contributed by atoms with E-state index in [-0.39, 0.29) is 12.1 Å². The minimum atomic E-state index is -0.452. The highest BCUT2D eigenvalue weighted by Gasteiger charge is 2.23. The van der Waals surface area contributed by atoms with Crippen LogP contribution in [0.25, 0.3) is 0 Å². The highest BCUT2D eigenvalue weighted by molar-refractivity contribution is 5.68. The number of aromatic nitrogens is 2. The number of fused-ring (bicyclic) bond motifs is 1. The molecule has 19 heavy (non-hydrogen) atoms. The standard InChI is InChI=1S/C14H23N3O2/c1-14(2,3)19-13(18)16-11-7-5-6-10-9-15-17(4)12(10)8-11/h9,11H,5-8H2,1-4H3,(H,16,18)/t11-/m0/s1. The van der Waals surface area contributed by atoms with Crippen molar-refractivity contribution in [2.75, 3.05) is 0 Å². The molecule has 2 rings (SSSR count). The molecular weight excluding hydrogens is 242 g/mol. The van der Waals surface area contributed by atoms with Crippen molar-refractivity contribution in [1.82, 2.24) is 15.1 Å². The van der Waals surface area contributed by atoms with E-state index >= 15 is 0 Å². The predicted molar refractivity (Wildman–Crippen MR) is 73.0 cm³/mol. The normalized spacial score (nSPS) is 19.5. The average molecular weight is 265 g/mol. The largest absolute Gasteiger partial charge is 0.444 e. The molecule has 1 aromatic rings. The highest BCUT2D eigenvalue weighted by Crippen LogP contribution is 2.20. The van der Waals surface area contributed by atoms with Crippen molar-refractivity contribution in [1.29, 1.82) is 0 Å². The molecule has 1 aliphatic rings. The van der Waals surface area contributed by atoms with Crippen LogP contribution in [0.2, 0.25) is 0 Å². The van der Waals surface area contributed by atoms with Crippen molar-refractivity contribution in [2.24, 2.45) is 7.05 Å². The Kier molecular flexibility index (Phi) is 3.83. The zero-order valence-corrected chi connectivity index (χ0v) is 12.2. The first-order chi connectivity index (χ1) is 8.85. The number of nitrogens with zero attached hydrogens (tertiary/aromatic N) is 2. The number of carbonyl (C=O) groups excluding carboxylic acids is 1. The zero-order chi connectivity index (χ0) is 14.0. The molecule has 0 fully saturated rings. The first kappa shape index (κ1) is 13.9. The third-order valence-corrected chi connectivity index (χ3v) is 3.31. The Morgan fingerprint density at radius 2 is 2.26 bits per heavy atom. The smallest absolute Gasteiger partial charge is 0.407 e. The second-order valence-corrected chi connectivity index (χ2v) is 6.18. The maximum Gasteiger partial charge on any atom is 0.407 e. The molecule has 0 aliphatic heterocycles. The maximum absolute atomic E-state index is 11.8. The van der Waals surface area contributed by atoms with Crippen molar-refractivity contribution >= 4 is 6.09 Å². The molecule has 1 amide bonds. The fourth-order valence-corrected chi connectivity index (χ4v) is 2.45. The van der Waals surface area contributed by atoms with Gasteiger partial charge in [-0.15, -0.1) is 0 Å². The van der Waals surface area contributed by atoms with Crippen LogP contribution in [-0.4, -0.2) is 27.5 Å². The van der Waals surface area contributed by atoms with Crippen molar-refractivity contribution in [2.45, 2.75) is 58.1 Å². The molecule has 106 valence electrons. The van der Waals surface area contributed by atoms with Gasteiger partial charge >= 0.3 is 6.09 Å². The Labute approximate surface area is 114 Å². The zero-order valence-electron chi connectivity index (χ0n) is 12.2. The molecule has 5 nitrogen and oxygen atoms in total. The van der Waals surface area contributed by atoms with Crippen molar-refractivity contribution < 1.29 is 9.53 Å². The minimum absolute atomic E-state index is 0.131. The quantitative estimate of drug-likeness (QED) is 0.792. The first-order valence-electron chi connectivity index (χ1n) is 6.84. The van der Waals surface area contributed by atoms with E-state index in [2.05, 4.69) is 10.4 Å². The summed E-state index contributed by atoms with van der Waals surface area (Å²) in [4.78, 5) is 11.8. The van der Waals surface area contributed by atoms with Crippen molar-refractivity contribution in [3.05, 3.63) is 17.5 Å². The Morgan fingerprint density at radius 3 is 2.95 bits per heavy atom. The van der Waals surface area contributed by atoms with Gasteiger partial charge in [-0.3, -0.25) is 4.68 Å². The van der Waals surface area contributed by atoms with Gasteiger partial charge in [-0.1, -0.05) is 0 Å². The molecule has 0 radical (unpaired) electrons. The molecule has 1 heterocycles. The van der Waals surface area contributed by atoms with Crippen LogP contribution in [0.5, 0.6) is 0 Å². The summed E-state index contributed by atoms with van der Waals surface area (Å²) < 4.78 is 7.22. The summed E-state index contributed by atoms with van der Waals surface area (Å²) in [7, 11) is 1.95. The van der Waals surface area contributed by atoms with Crippen LogP contribution in [-0.2, 0) is 24.6 Å². The van der Waals surface area contributed by atoms with Gasteiger partial charge in [0.25, 0.3) is 0 Å². The molecule has 1 N–H and O–H groups in total. The lowest BCUT2D eigenvalue weighted by Gasteiger charge is -2.23. The van der Waals surface area contributed by atoms with Gasteiger partial charge in [0.15, 0.2) is 0 Å². The lowest BCUT2D eigenvalue weighted by Crippen LogP contribution is -2.40. The number of hydrogen-bond acceptors (Lipinski definition) is 3. The maximum atomic E-state index is 11.8. The number of rotatable bonds is 1. The number of aryl methyl sites for hydroxylation is 2. The summed E-state index contributed by atoms with van der Waals surface area (Å²) in [5.41, 5.74) is 2.07. The van der Waals surface area contributed by atoms with E-state index in [1.54, 1.807) is 0 Å². The van der Waals surface area contributed by atoms with Gasteiger partial charge in [0.2, 0.25) is 0 Å². The highest BCUT2D eigenvalue weighted by atomic mass is 16.6. The number of nitrogens with one attached hydrogen (secondary N) is 1.